The molecule has 0 atom stereocenters. The van der Waals surface area contributed by atoms with Crippen LogP contribution in [0, 0.1) is 13.8 Å². The number of nitrogens with one attached hydrogen (secondary N) is 1. The van der Waals surface area contributed by atoms with Gasteiger partial charge in [-0.15, -0.1) is 11.3 Å². The van der Waals surface area contributed by atoms with Gasteiger partial charge in [-0.05, 0) is 25.5 Å². The lowest BCUT2D eigenvalue weighted by Crippen LogP contribution is -2.18. The van der Waals surface area contributed by atoms with Gasteiger partial charge in [0.1, 0.15) is 9.87 Å². The molecule has 0 aliphatic rings. The van der Waals surface area contributed by atoms with Crippen molar-refractivity contribution in [1.82, 2.24) is 4.98 Å². The molecule has 2 rings (SSSR count). The zero-order valence-corrected chi connectivity index (χ0v) is 12.2. The van der Waals surface area contributed by atoms with Crippen LogP contribution in [0.25, 0.3) is 0 Å². The molecule has 19 heavy (non-hydrogen) atoms. The monoisotopic (exact) mass is 291 g/mol. The lowest BCUT2D eigenvalue weighted by molar-refractivity contribution is 0.103. The van der Waals surface area contributed by atoms with Gasteiger partial charge < -0.3 is 11.1 Å². The van der Waals surface area contributed by atoms with Gasteiger partial charge in [0, 0.05) is 5.56 Å². The highest BCUT2D eigenvalue weighted by Gasteiger charge is 2.15. The van der Waals surface area contributed by atoms with Crippen LogP contribution in [-0.2, 0) is 0 Å². The second-order valence-electron chi connectivity index (χ2n) is 4.08. The fourth-order valence-corrected chi connectivity index (χ4v) is 2.77. The third kappa shape index (κ3) is 2.80. The minimum absolute atomic E-state index is 0.192. The van der Waals surface area contributed by atoms with E-state index in [0.29, 0.717) is 21.8 Å². The third-order valence-corrected chi connectivity index (χ3v) is 3.85. The van der Waals surface area contributed by atoms with Crippen molar-refractivity contribution in [2.45, 2.75) is 13.8 Å². The maximum Gasteiger partial charge on any atom is 0.267 e. The predicted octanol–water partition coefficient (Wildman–Crippen LogP) is 2.65. The van der Waals surface area contributed by atoms with Crippen LogP contribution in [0.2, 0.25) is 0 Å². The second-order valence-corrected chi connectivity index (χ2v) is 5.38. The molecule has 6 heteroatoms. The van der Waals surface area contributed by atoms with E-state index in [9.17, 15) is 4.79 Å². The van der Waals surface area contributed by atoms with E-state index in [1.165, 1.54) is 11.3 Å². The zero-order chi connectivity index (χ0) is 14.0. The minimum Gasteiger partial charge on any atom is -0.389 e. The first-order valence-electron chi connectivity index (χ1n) is 5.61. The molecule has 3 N–H and O–H groups in total. The number of carbonyl (C=O) groups is 1. The number of nitrogens with two attached hydrogens (primary N) is 1. The fourth-order valence-electron chi connectivity index (χ4n) is 1.80. The van der Waals surface area contributed by atoms with Gasteiger partial charge in [-0.2, -0.15) is 0 Å². The van der Waals surface area contributed by atoms with Gasteiger partial charge in [0.15, 0.2) is 0 Å². The molecule has 1 amide bonds. The molecule has 0 fully saturated rings. The van der Waals surface area contributed by atoms with Crippen LogP contribution >= 0.6 is 23.6 Å². The zero-order valence-electron chi connectivity index (χ0n) is 10.6. The third-order valence-electron chi connectivity index (χ3n) is 2.72. The number of thiazole rings is 1. The average Bonchev–Trinajstić information content (AvgIpc) is 2.75. The first-order valence-corrected chi connectivity index (χ1v) is 6.90. The maximum atomic E-state index is 12.2. The van der Waals surface area contributed by atoms with Gasteiger partial charge in [-0.3, -0.25) is 4.79 Å². The molecule has 0 unspecified atom stereocenters. The summed E-state index contributed by atoms with van der Waals surface area (Å²) in [5.41, 5.74) is 10.3. The van der Waals surface area contributed by atoms with Crippen molar-refractivity contribution >= 4 is 40.1 Å². The van der Waals surface area contributed by atoms with Crippen LogP contribution in [-0.4, -0.2) is 15.9 Å². The normalized spacial score (nSPS) is 10.2. The van der Waals surface area contributed by atoms with E-state index in [1.54, 1.807) is 18.5 Å². The molecule has 0 radical (unpaired) electrons. The Kier molecular flexibility index (Phi) is 3.92. The largest absolute Gasteiger partial charge is 0.389 e. The molecule has 2 aromatic rings. The Morgan fingerprint density at radius 2 is 2.16 bits per heavy atom. The van der Waals surface area contributed by atoms with Gasteiger partial charge in [-0.1, -0.05) is 24.4 Å². The first kappa shape index (κ1) is 13.6. The molecular weight excluding hydrogens is 278 g/mol. The van der Waals surface area contributed by atoms with Crippen LogP contribution in [0.4, 0.5) is 5.69 Å². The molecule has 0 aliphatic carbocycles. The number of thiocarbonyl (C=S) groups is 1. The summed E-state index contributed by atoms with van der Waals surface area (Å²) in [6, 6.07) is 5.55. The van der Waals surface area contributed by atoms with E-state index in [4.69, 9.17) is 18.0 Å². The molecule has 0 bridgehead atoms. The van der Waals surface area contributed by atoms with Crippen molar-refractivity contribution in [3.8, 4) is 0 Å². The van der Waals surface area contributed by atoms with Crippen molar-refractivity contribution in [1.29, 1.82) is 0 Å². The fraction of sp³-hybridized carbons (Fsp3) is 0.154. The van der Waals surface area contributed by atoms with Gasteiger partial charge >= 0.3 is 0 Å². The topological polar surface area (TPSA) is 68.0 Å². The van der Waals surface area contributed by atoms with Crippen molar-refractivity contribution in [3.63, 3.8) is 0 Å². The van der Waals surface area contributed by atoms with Crippen LogP contribution in [0.15, 0.2) is 23.7 Å². The Morgan fingerprint density at radius 3 is 2.74 bits per heavy atom. The summed E-state index contributed by atoms with van der Waals surface area (Å²) in [6.07, 6.45) is 0. The van der Waals surface area contributed by atoms with Crippen LogP contribution in [0.3, 0.4) is 0 Å². The summed E-state index contributed by atoms with van der Waals surface area (Å²) in [4.78, 5) is 17.1. The number of aryl methyl sites for hydroxylation is 2. The number of carbonyl (C=O) groups excluding carboxylic acids is 1. The highest BCUT2D eigenvalue weighted by molar-refractivity contribution is 7.80. The molecular formula is C13H13N3OS2. The van der Waals surface area contributed by atoms with Crippen LogP contribution in [0.1, 0.15) is 26.5 Å². The Balaban J connectivity index is 2.35. The molecule has 98 valence electrons. The molecule has 0 spiro atoms. The summed E-state index contributed by atoms with van der Waals surface area (Å²) in [5, 5.41) is 2.84. The lowest BCUT2D eigenvalue weighted by Gasteiger charge is -2.12. The number of nitrogens with zero attached hydrogens (tertiary/aromatic N) is 1. The number of rotatable bonds is 3. The van der Waals surface area contributed by atoms with Gasteiger partial charge in [0.25, 0.3) is 5.91 Å². The predicted molar refractivity (Wildman–Crippen MR) is 81.9 cm³/mol. The summed E-state index contributed by atoms with van der Waals surface area (Å²) >= 11 is 6.34. The Labute approximate surface area is 120 Å². The summed E-state index contributed by atoms with van der Waals surface area (Å²) in [7, 11) is 0. The van der Waals surface area contributed by atoms with E-state index < -0.39 is 0 Å². The molecule has 0 saturated heterocycles. The van der Waals surface area contributed by atoms with Crippen LogP contribution in [0.5, 0.6) is 0 Å². The molecule has 1 heterocycles. The molecule has 4 nitrogen and oxygen atoms in total. The summed E-state index contributed by atoms with van der Waals surface area (Å²) in [6.45, 7) is 3.71. The van der Waals surface area contributed by atoms with E-state index in [1.807, 2.05) is 19.1 Å². The molecule has 1 aromatic carbocycles. The number of aromatic nitrogens is 1. The standard InChI is InChI=1S/C13H13N3OS2/c1-7-4-3-5-9(10(7)12(14)18)16-13(17)11-8(2)15-6-19-11/h3-6H,1-2H3,(H2,14,18)(H,16,17). The van der Waals surface area contributed by atoms with Gasteiger partial charge in [0.2, 0.25) is 0 Å². The van der Waals surface area contributed by atoms with Crippen molar-refractivity contribution < 1.29 is 4.79 Å². The van der Waals surface area contributed by atoms with E-state index in [0.717, 1.165) is 5.56 Å². The van der Waals surface area contributed by atoms with E-state index >= 15 is 0 Å². The molecule has 0 aliphatic heterocycles. The van der Waals surface area contributed by atoms with E-state index in [-0.39, 0.29) is 10.9 Å². The Morgan fingerprint density at radius 1 is 1.42 bits per heavy atom. The average molecular weight is 291 g/mol. The number of anilines is 1. The highest BCUT2D eigenvalue weighted by Crippen LogP contribution is 2.21. The SMILES string of the molecule is Cc1cccc(NC(=O)c2scnc2C)c1C(N)=S. The maximum absolute atomic E-state index is 12.2. The second kappa shape index (κ2) is 5.46. The first-order chi connectivity index (χ1) is 9.00. The lowest BCUT2D eigenvalue weighted by atomic mass is 10.1. The quantitative estimate of drug-likeness (QED) is 0.853. The number of benzene rings is 1. The smallest absolute Gasteiger partial charge is 0.267 e. The van der Waals surface area contributed by atoms with Gasteiger partial charge in [-0.25, -0.2) is 4.98 Å². The summed E-state index contributed by atoms with van der Waals surface area (Å²) < 4.78 is 0. The van der Waals surface area contributed by atoms with E-state index in [2.05, 4.69) is 10.3 Å². The highest BCUT2D eigenvalue weighted by atomic mass is 32.1. The number of hydrogen-bond donors (Lipinski definition) is 2. The summed E-state index contributed by atoms with van der Waals surface area (Å²) in [5.74, 6) is -0.192. The Hall–Kier alpha value is -1.79. The van der Waals surface area contributed by atoms with Gasteiger partial charge in [0.05, 0.1) is 16.9 Å². The van der Waals surface area contributed by atoms with Crippen molar-refractivity contribution in [3.05, 3.63) is 45.4 Å². The van der Waals surface area contributed by atoms with Crippen molar-refractivity contribution in [2.75, 3.05) is 5.32 Å². The van der Waals surface area contributed by atoms with Crippen molar-refractivity contribution in [2.24, 2.45) is 5.73 Å². The number of hydrogen-bond acceptors (Lipinski definition) is 4. The Bertz CT molecular complexity index is 649. The number of amides is 1. The van der Waals surface area contributed by atoms with Crippen LogP contribution < -0.4 is 11.1 Å². The minimum atomic E-state index is -0.192. The molecule has 1 aromatic heterocycles. The molecule has 0 saturated carbocycles.